The molecule has 4 heteroatoms. The first-order valence-corrected chi connectivity index (χ1v) is 7.87. The van der Waals surface area contributed by atoms with E-state index in [1.165, 1.54) is 7.11 Å². The number of carbonyl (C=O) groups excluding carboxylic acids is 1. The van der Waals surface area contributed by atoms with Gasteiger partial charge in [-0.05, 0) is 24.8 Å². The lowest BCUT2D eigenvalue weighted by molar-refractivity contribution is 0.0131. The summed E-state index contributed by atoms with van der Waals surface area (Å²) >= 11 is 0. The van der Waals surface area contributed by atoms with Gasteiger partial charge < -0.3 is 14.6 Å². The van der Waals surface area contributed by atoms with E-state index in [0.29, 0.717) is 6.42 Å². The molecule has 0 saturated carbocycles. The standard InChI is InChI=1S/C19H26O4/c1-19(2,15-16-11-7-6-8-12-16)17(23-18(21)22-3)13-9-4-5-10-14-20/h6-8,11-12,17,20H,4-5,10,14-15H2,1-3H3. The summed E-state index contributed by atoms with van der Waals surface area (Å²) in [6.07, 6.45) is 1.69. The van der Waals surface area contributed by atoms with E-state index in [2.05, 4.69) is 16.6 Å². The lowest BCUT2D eigenvalue weighted by Gasteiger charge is -2.30. The quantitative estimate of drug-likeness (QED) is 0.474. The maximum atomic E-state index is 11.5. The van der Waals surface area contributed by atoms with Crippen LogP contribution in [0.4, 0.5) is 4.79 Å². The molecule has 0 aromatic heterocycles. The van der Waals surface area contributed by atoms with Crippen LogP contribution >= 0.6 is 0 Å². The second-order valence-corrected chi connectivity index (χ2v) is 6.10. The van der Waals surface area contributed by atoms with Gasteiger partial charge in [0.25, 0.3) is 0 Å². The van der Waals surface area contributed by atoms with Crippen LogP contribution in [0.15, 0.2) is 30.3 Å². The molecular formula is C19H26O4. The third kappa shape index (κ3) is 7.21. The Labute approximate surface area is 138 Å². The van der Waals surface area contributed by atoms with Gasteiger partial charge in [-0.3, -0.25) is 0 Å². The van der Waals surface area contributed by atoms with Crippen LogP contribution in [-0.2, 0) is 15.9 Å². The Hall–Kier alpha value is -1.99. The van der Waals surface area contributed by atoms with Crippen LogP contribution in [0.1, 0.15) is 38.7 Å². The predicted molar refractivity (Wildman–Crippen MR) is 89.9 cm³/mol. The first-order chi connectivity index (χ1) is 11.0. The second kappa shape index (κ2) is 9.91. The fraction of sp³-hybridized carbons (Fsp3) is 0.526. The van der Waals surface area contributed by atoms with Crippen LogP contribution in [-0.4, -0.2) is 31.1 Å². The van der Waals surface area contributed by atoms with Crippen molar-refractivity contribution >= 4 is 6.16 Å². The molecule has 4 nitrogen and oxygen atoms in total. The Bertz CT molecular complexity index is 525. The van der Waals surface area contributed by atoms with E-state index in [-0.39, 0.29) is 12.0 Å². The zero-order valence-corrected chi connectivity index (χ0v) is 14.2. The van der Waals surface area contributed by atoms with Crippen molar-refractivity contribution in [1.82, 2.24) is 0 Å². The minimum absolute atomic E-state index is 0.170. The van der Waals surface area contributed by atoms with Crippen molar-refractivity contribution in [2.24, 2.45) is 5.41 Å². The largest absolute Gasteiger partial charge is 0.509 e. The van der Waals surface area contributed by atoms with E-state index >= 15 is 0 Å². The summed E-state index contributed by atoms with van der Waals surface area (Å²) in [5, 5.41) is 8.78. The highest BCUT2D eigenvalue weighted by Crippen LogP contribution is 2.28. The first kappa shape index (κ1) is 19.1. The molecule has 0 aliphatic rings. The molecule has 1 unspecified atom stereocenters. The molecule has 0 saturated heterocycles. The van der Waals surface area contributed by atoms with Crippen LogP contribution < -0.4 is 0 Å². The highest BCUT2D eigenvalue weighted by atomic mass is 16.7. The molecule has 0 fully saturated rings. The van der Waals surface area contributed by atoms with E-state index in [1.807, 2.05) is 44.2 Å². The summed E-state index contributed by atoms with van der Waals surface area (Å²) in [5.41, 5.74) is 0.817. The SMILES string of the molecule is COC(=O)OC(C#CCCCCO)C(C)(C)Cc1ccccc1. The third-order valence-electron chi connectivity index (χ3n) is 3.54. The second-order valence-electron chi connectivity index (χ2n) is 6.10. The zero-order valence-electron chi connectivity index (χ0n) is 14.2. The number of hydrogen-bond donors (Lipinski definition) is 1. The Balaban J connectivity index is 2.81. The number of aliphatic hydroxyl groups excluding tert-OH is 1. The van der Waals surface area contributed by atoms with Crippen molar-refractivity contribution in [1.29, 1.82) is 0 Å². The van der Waals surface area contributed by atoms with Crippen LogP contribution in [0, 0.1) is 17.3 Å². The van der Waals surface area contributed by atoms with Gasteiger partial charge in [-0.2, -0.15) is 0 Å². The molecule has 126 valence electrons. The molecule has 1 aromatic carbocycles. The van der Waals surface area contributed by atoms with Gasteiger partial charge in [-0.25, -0.2) is 4.79 Å². The summed E-state index contributed by atoms with van der Waals surface area (Å²) < 4.78 is 9.97. The minimum Gasteiger partial charge on any atom is -0.438 e. The molecule has 1 rings (SSSR count). The molecule has 1 aromatic rings. The van der Waals surface area contributed by atoms with E-state index in [0.717, 1.165) is 24.8 Å². The molecule has 0 heterocycles. The molecule has 0 spiro atoms. The van der Waals surface area contributed by atoms with Crippen LogP contribution in [0.25, 0.3) is 0 Å². The molecule has 0 aliphatic heterocycles. The Kier molecular flexibility index (Phi) is 8.21. The van der Waals surface area contributed by atoms with Crippen molar-refractivity contribution in [3.8, 4) is 11.8 Å². The Morgan fingerprint density at radius 1 is 1.26 bits per heavy atom. The van der Waals surface area contributed by atoms with Gasteiger partial charge in [0, 0.05) is 18.4 Å². The fourth-order valence-electron chi connectivity index (χ4n) is 2.23. The highest BCUT2D eigenvalue weighted by molar-refractivity contribution is 5.60. The average molecular weight is 318 g/mol. The van der Waals surface area contributed by atoms with Gasteiger partial charge in [-0.15, -0.1) is 0 Å². The Morgan fingerprint density at radius 2 is 1.96 bits per heavy atom. The average Bonchev–Trinajstić information content (AvgIpc) is 2.53. The third-order valence-corrected chi connectivity index (χ3v) is 3.54. The molecule has 23 heavy (non-hydrogen) atoms. The van der Waals surface area contributed by atoms with Crippen molar-refractivity contribution in [3.63, 3.8) is 0 Å². The molecule has 0 bridgehead atoms. The van der Waals surface area contributed by atoms with Gasteiger partial charge in [-0.1, -0.05) is 56.0 Å². The van der Waals surface area contributed by atoms with Gasteiger partial charge in [0.2, 0.25) is 0 Å². The van der Waals surface area contributed by atoms with E-state index in [4.69, 9.17) is 9.84 Å². The number of benzene rings is 1. The van der Waals surface area contributed by atoms with Crippen LogP contribution in [0.5, 0.6) is 0 Å². The monoisotopic (exact) mass is 318 g/mol. The molecule has 1 N–H and O–H groups in total. The maximum absolute atomic E-state index is 11.5. The smallest absolute Gasteiger partial charge is 0.438 e. The van der Waals surface area contributed by atoms with Crippen molar-refractivity contribution < 1.29 is 19.4 Å². The highest BCUT2D eigenvalue weighted by Gasteiger charge is 2.32. The molecule has 1 atom stereocenters. The van der Waals surface area contributed by atoms with Crippen molar-refractivity contribution in [2.75, 3.05) is 13.7 Å². The maximum Gasteiger partial charge on any atom is 0.509 e. The lowest BCUT2D eigenvalue weighted by Crippen LogP contribution is -2.34. The molecule has 0 aliphatic carbocycles. The number of aliphatic hydroxyl groups is 1. The van der Waals surface area contributed by atoms with E-state index < -0.39 is 12.3 Å². The summed E-state index contributed by atoms with van der Waals surface area (Å²) in [5.74, 6) is 6.10. The zero-order chi connectivity index (χ0) is 17.1. The van der Waals surface area contributed by atoms with Crippen LogP contribution in [0.2, 0.25) is 0 Å². The van der Waals surface area contributed by atoms with Crippen LogP contribution in [0.3, 0.4) is 0 Å². The van der Waals surface area contributed by atoms with Crippen molar-refractivity contribution in [2.45, 2.75) is 45.6 Å². The fourth-order valence-corrected chi connectivity index (χ4v) is 2.23. The summed E-state index contributed by atoms with van der Waals surface area (Å²) in [6.45, 7) is 4.22. The number of ether oxygens (including phenoxy) is 2. The van der Waals surface area contributed by atoms with Gasteiger partial charge in [0.1, 0.15) is 0 Å². The topological polar surface area (TPSA) is 55.8 Å². The predicted octanol–water partition coefficient (Wildman–Crippen LogP) is 3.57. The van der Waals surface area contributed by atoms with Gasteiger partial charge in [0.15, 0.2) is 6.10 Å². The first-order valence-electron chi connectivity index (χ1n) is 7.87. The number of hydrogen-bond acceptors (Lipinski definition) is 4. The summed E-state index contributed by atoms with van der Waals surface area (Å²) in [6, 6.07) is 10.0. The molecular weight excluding hydrogens is 292 g/mol. The number of rotatable bonds is 7. The molecule has 0 radical (unpaired) electrons. The normalized spacial score (nSPS) is 12.0. The summed E-state index contributed by atoms with van der Waals surface area (Å²) in [4.78, 5) is 11.5. The lowest BCUT2D eigenvalue weighted by atomic mass is 9.80. The minimum atomic E-state index is -0.721. The summed E-state index contributed by atoms with van der Waals surface area (Å²) in [7, 11) is 1.29. The Morgan fingerprint density at radius 3 is 2.57 bits per heavy atom. The van der Waals surface area contributed by atoms with Crippen molar-refractivity contribution in [3.05, 3.63) is 35.9 Å². The molecule has 0 amide bonds. The van der Waals surface area contributed by atoms with Gasteiger partial charge in [0.05, 0.1) is 7.11 Å². The number of carbonyl (C=O) groups is 1. The van der Waals surface area contributed by atoms with E-state index in [1.54, 1.807) is 0 Å². The number of methoxy groups -OCH3 is 1. The number of unbranched alkanes of at least 4 members (excludes halogenated alkanes) is 2. The van der Waals surface area contributed by atoms with Gasteiger partial charge >= 0.3 is 6.16 Å². The van der Waals surface area contributed by atoms with E-state index in [9.17, 15) is 4.79 Å².